The molecule has 31 heavy (non-hydrogen) atoms. The van der Waals surface area contributed by atoms with Crippen LogP contribution in [0.2, 0.25) is 10.0 Å². The molecule has 0 bridgehead atoms. The van der Waals surface area contributed by atoms with Gasteiger partial charge in [-0.25, -0.2) is 9.18 Å². The van der Waals surface area contributed by atoms with Crippen molar-refractivity contribution in [3.8, 4) is 11.5 Å². The van der Waals surface area contributed by atoms with Crippen molar-refractivity contribution < 1.29 is 23.8 Å². The van der Waals surface area contributed by atoms with Crippen molar-refractivity contribution in [2.24, 2.45) is 0 Å². The number of aromatic carboxylic acids is 1. The summed E-state index contributed by atoms with van der Waals surface area (Å²) in [5.41, 5.74) is 1.58. The summed E-state index contributed by atoms with van der Waals surface area (Å²) < 4.78 is 26.2. The number of carboxylic acids is 1. The standard InChI is InChI=1S/C22H17BrCl2FNO4/c1-30-20-8-7-16(23)14(10-27-12-5-6-13(22(28)29)18(25)9-12)21(20)31-11-15-17(24)3-2-4-19(15)26/h2-9,27H,10-11H2,1H3,(H,28,29). The zero-order valence-corrected chi connectivity index (χ0v) is 19.3. The molecule has 0 aromatic heterocycles. The predicted molar refractivity (Wildman–Crippen MR) is 122 cm³/mol. The number of benzene rings is 3. The van der Waals surface area contributed by atoms with E-state index in [2.05, 4.69) is 21.2 Å². The third-order valence-electron chi connectivity index (χ3n) is 4.48. The van der Waals surface area contributed by atoms with Crippen molar-refractivity contribution in [1.82, 2.24) is 0 Å². The van der Waals surface area contributed by atoms with Gasteiger partial charge in [-0.05, 0) is 42.5 Å². The average Bonchev–Trinajstić information content (AvgIpc) is 2.72. The molecule has 0 heterocycles. The number of halogens is 4. The summed E-state index contributed by atoms with van der Waals surface area (Å²) in [6.07, 6.45) is 0. The number of anilines is 1. The molecule has 9 heteroatoms. The van der Waals surface area contributed by atoms with Gasteiger partial charge in [0.2, 0.25) is 0 Å². The molecule has 3 rings (SSSR count). The minimum Gasteiger partial charge on any atom is -0.493 e. The van der Waals surface area contributed by atoms with Gasteiger partial charge in [-0.2, -0.15) is 0 Å². The monoisotopic (exact) mass is 527 g/mol. The van der Waals surface area contributed by atoms with Crippen molar-refractivity contribution in [1.29, 1.82) is 0 Å². The molecule has 0 saturated heterocycles. The van der Waals surface area contributed by atoms with Gasteiger partial charge in [0.05, 0.1) is 22.7 Å². The lowest BCUT2D eigenvalue weighted by Crippen LogP contribution is -2.07. The molecule has 3 aromatic rings. The van der Waals surface area contributed by atoms with Gasteiger partial charge in [0, 0.05) is 27.8 Å². The van der Waals surface area contributed by atoms with E-state index in [4.69, 9.17) is 37.8 Å². The molecule has 5 nitrogen and oxygen atoms in total. The normalized spacial score (nSPS) is 10.6. The molecule has 2 N–H and O–H groups in total. The van der Waals surface area contributed by atoms with E-state index in [0.717, 1.165) is 4.47 Å². The number of hydrogen-bond acceptors (Lipinski definition) is 4. The van der Waals surface area contributed by atoms with E-state index in [1.165, 1.54) is 31.4 Å². The van der Waals surface area contributed by atoms with E-state index >= 15 is 0 Å². The van der Waals surface area contributed by atoms with E-state index in [1.807, 2.05) is 0 Å². The maximum atomic E-state index is 14.1. The summed E-state index contributed by atoms with van der Waals surface area (Å²) in [6.45, 7) is 0.200. The van der Waals surface area contributed by atoms with Crippen molar-refractivity contribution in [2.75, 3.05) is 12.4 Å². The number of carbonyl (C=O) groups is 1. The first-order chi connectivity index (χ1) is 14.8. The third kappa shape index (κ3) is 5.42. The van der Waals surface area contributed by atoms with Gasteiger partial charge in [0.1, 0.15) is 12.4 Å². The molecular weight excluding hydrogens is 512 g/mol. The Morgan fingerprint density at radius 1 is 1.13 bits per heavy atom. The molecule has 0 atom stereocenters. The van der Waals surface area contributed by atoms with Crippen LogP contribution in [0.5, 0.6) is 11.5 Å². The smallest absolute Gasteiger partial charge is 0.337 e. The summed E-state index contributed by atoms with van der Waals surface area (Å²) in [5, 5.41) is 12.7. The van der Waals surface area contributed by atoms with Crippen molar-refractivity contribution in [3.05, 3.63) is 85.6 Å². The Morgan fingerprint density at radius 3 is 2.55 bits per heavy atom. The predicted octanol–water partition coefficient (Wildman–Crippen LogP) is 6.79. The van der Waals surface area contributed by atoms with Crippen LogP contribution in [0.25, 0.3) is 0 Å². The van der Waals surface area contributed by atoms with Gasteiger partial charge < -0.3 is 19.9 Å². The quantitative estimate of drug-likeness (QED) is 0.337. The van der Waals surface area contributed by atoms with Gasteiger partial charge in [-0.1, -0.05) is 45.2 Å². The van der Waals surface area contributed by atoms with Crippen molar-refractivity contribution in [2.45, 2.75) is 13.2 Å². The Balaban J connectivity index is 1.86. The molecule has 0 spiro atoms. The molecule has 3 aromatic carbocycles. The minimum atomic E-state index is -1.10. The molecular formula is C22H17BrCl2FNO4. The van der Waals surface area contributed by atoms with Crippen LogP contribution in [0.15, 0.2) is 53.0 Å². The first-order valence-electron chi connectivity index (χ1n) is 8.99. The first kappa shape index (κ1) is 23.2. The average molecular weight is 529 g/mol. The van der Waals surface area contributed by atoms with Crippen LogP contribution < -0.4 is 14.8 Å². The van der Waals surface area contributed by atoms with Crippen molar-refractivity contribution >= 4 is 50.8 Å². The molecule has 0 saturated carbocycles. The summed E-state index contributed by atoms with van der Waals surface area (Å²) in [7, 11) is 1.51. The summed E-state index contributed by atoms with van der Waals surface area (Å²) in [6, 6.07) is 12.5. The van der Waals surface area contributed by atoms with Crippen LogP contribution >= 0.6 is 39.1 Å². The molecule has 0 unspecified atom stereocenters. The van der Waals surface area contributed by atoms with E-state index in [-0.39, 0.29) is 27.8 Å². The summed E-state index contributed by atoms with van der Waals surface area (Å²) in [5.74, 6) is -0.687. The minimum absolute atomic E-state index is 0.0144. The Labute approximate surface area is 196 Å². The summed E-state index contributed by atoms with van der Waals surface area (Å²) >= 11 is 15.6. The van der Waals surface area contributed by atoms with Gasteiger partial charge in [-0.3, -0.25) is 0 Å². The van der Waals surface area contributed by atoms with Gasteiger partial charge in [0.15, 0.2) is 11.5 Å². The largest absolute Gasteiger partial charge is 0.493 e. The lowest BCUT2D eigenvalue weighted by Gasteiger charge is -2.18. The number of rotatable bonds is 8. The highest BCUT2D eigenvalue weighted by Crippen LogP contribution is 2.38. The van der Waals surface area contributed by atoms with Gasteiger partial charge >= 0.3 is 5.97 Å². The number of methoxy groups -OCH3 is 1. The topological polar surface area (TPSA) is 67.8 Å². The van der Waals surface area contributed by atoms with E-state index in [1.54, 1.807) is 24.3 Å². The molecule has 0 radical (unpaired) electrons. The van der Waals surface area contributed by atoms with Crippen LogP contribution in [0.1, 0.15) is 21.5 Å². The van der Waals surface area contributed by atoms with E-state index in [9.17, 15) is 9.18 Å². The Hall–Kier alpha value is -2.48. The fourth-order valence-electron chi connectivity index (χ4n) is 2.87. The maximum Gasteiger partial charge on any atom is 0.337 e. The van der Waals surface area contributed by atoms with Crippen LogP contribution in [0.4, 0.5) is 10.1 Å². The maximum absolute atomic E-state index is 14.1. The molecule has 0 fully saturated rings. The molecule has 162 valence electrons. The van der Waals surface area contributed by atoms with Gasteiger partial charge in [0.25, 0.3) is 0 Å². The van der Waals surface area contributed by atoms with Crippen LogP contribution in [-0.2, 0) is 13.2 Å². The Bertz CT molecular complexity index is 1110. The lowest BCUT2D eigenvalue weighted by molar-refractivity contribution is 0.0697. The van der Waals surface area contributed by atoms with E-state index in [0.29, 0.717) is 29.3 Å². The number of hydrogen-bond donors (Lipinski definition) is 2. The zero-order valence-electron chi connectivity index (χ0n) is 16.2. The molecule has 0 aliphatic carbocycles. The van der Waals surface area contributed by atoms with Crippen LogP contribution in [0.3, 0.4) is 0 Å². The number of ether oxygens (including phenoxy) is 2. The zero-order chi connectivity index (χ0) is 22.5. The fourth-order valence-corrected chi connectivity index (χ4v) is 3.80. The number of carboxylic acid groups (broad SMARTS) is 1. The molecule has 0 amide bonds. The highest BCUT2D eigenvalue weighted by atomic mass is 79.9. The second-order valence-electron chi connectivity index (χ2n) is 6.40. The van der Waals surface area contributed by atoms with Crippen LogP contribution in [0, 0.1) is 5.82 Å². The first-order valence-corrected chi connectivity index (χ1v) is 10.5. The Kier molecular flexibility index (Phi) is 7.64. The molecule has 0 aliphatic rings. The molecule has 0 aliphatic heterocycles. The lowest BCUT2D eigenvalue weighted by atomic mass is 10.1. The van der Waals surface area contributed by atoms with E-state index < -0.39 is 11.8 Å². The second-order valence-corrected chi connectivity index (χ2v) is 8.07. The highest BCUT2D eigenvalue weighted by molar-refractivity contribution is 9.10. The third-order valence-corrected chi connectivity index (χ3v) is 5.89. The SMILES string of the molecule is COc1ccc(Br)c(CNc2ccc(C(=O)O)c(Cl)c2)c1OCc1c(F)cccc1Cl. The van der Waals surface area contributed by atoms with Gasteiger partial charge in [-0.15, -0.1) is 0 Å². The summed E-state index contributed by atoms with van der Waals surface area (Å²) in [4.78, 5) is 11.1. The highest BCUT2D eigenvalue weighted by Gasteiger charge is 2.17. The van der Waals surface area contributed by atoms with Crippen LogP contribution in [-0.4, -0.2) is 18.2 Å². The Morgan fingerprint density at radius 2 is 1.90 bits per heavy atom. The second kappa shape index (κ2) is 10.2. The number of nitrogens with one attached hydrogen (secondary N) is 1. The fraction of sp³-hybridized carbons (Fsp3) is 0.136. The van der Waals surface area contributed by atoms with Crippen molar-refractivity contribution in [3.63, 3.8) is 0 Å².